The van der Waals surface area contributed by atoms with Gasteiger partial charge >= 0.3 is 0 Å². The first-order chi connectivity index (χ1) is 12.5. The molecule has 26 heavy (non-hydrogen) atoms. The Labute approximate surface area is 151 Å². The van der Waals surface area contributed by atoms with E-state index in [2.05, 4.69) is 5.10 Å². The van der Waals surface area contributed by atoms with Gasteiger partial charge in [-0.3, -0.25) is 9.48 Å². The fourth-order valence-corrected chi connectivity index (χ4v) is 3.08. The molecule has 0 radical (unpaired) electrons. The van der Waals surface area contributed by atoms with Gasteiger partial charge in [0.2, 0.25) is 0 Å². The van der Waals surface area contributed by atoms with Crippen LogP contribution in [0.5, 0.6) is 0 Å². The molecule has 0 saturated heterocycles. The molecule has 0 fully saturated rings. The standard InChI is InChI=1S/C19H17N3O3S/c23-19(21-26(24,25)14-11-16-5-2-1-3-6-16)18-9-7-17(8-10-18)15-22-13-4-12-20-22/h1-14H,15H2,(H,21,23)/b14-11+. The van der Waals surface area contributed by atoms with Gasteiger partial charge in [-0.15, -0.1) is 0 Å². The van der Waals surface area contributed by atoms with Crippen LogP contribution in [-0.4, -0.2) is 24.1 Å². The first kappa shape index (κ1) is 17.6. The molecule has 1 N–H and O–H groups in total. The second-order valence-electron chi connectivity index (χ2n) is 5.59. The highest BCUT2D eigenvalue weighted by molar-refractivity contribution is 7.93. The first-order valence-corrected chi connectivity index (χ1v) is 9.43. The number of hydrogen-bond donors (Lipinski definition) is 1. The van der Waals surface area contributed by atoms with Crippen LogP contribution in [0.25, 0.3) is 6.08 Å². The summed E-state index contributed by atoms with van der Waals surface area (Å²) in [6.07, 6.45) is 4.96. The number of carbonyl (C=O) groups excluding carboxylic acids is 1. The highest BCUT2D eigenvalue weighted by Crippen LogP contribution is 2.08. The highest BCUT2D eigenvalue weighted by Gasteiger charge is 2.13. The van der Waals surface area contributed by atoms with Crippen molar-refractivity contribution in [2.24, 2.45) is 0 Å². The summed E-state index contributed by atoms with van der Waals surface area (Å²) >= 11 is 0. The third-order valence-corrected chi connectivity index (χ3v) is 4.56. The number of nitrogens with zero attached hydrogens (tertiary/aromatic N) is 2. The van der Waals surface area contributed by atoms with Crippen molar-refractivity contribution in [1.29, 1.82) is 0 Å². The van der Waals surface area contributed by atoms with Gasteiger partial charge in [0.05, 0.1) is 12.0 Å². The molecule has 0 aliphatic heterocycles. The lowest BCUT2D eigenvalue weighted by Gasteiger charge is -2.05. The number of hydrogen-bond acceptors (Lipinski definition) is 4. The van der Waals surface area contributed by atoms with Gasteiger partial charge in [-0.25, -0.2) is 13.1 Å². The van der Waals surface area contributed by atoms with Crippen molar-refractivity contribution < 1.29 is 13.2 Å². The third kappa shape index (κ3) is 4.90. The lowest BCUT2D eigenvalue weighted by molar-refractivity contribution is 0.0982. The van der Waals surface area contributed by atoms with E-state index in [4.69, 9.17) is 0 Å². The summed E-state index contributed by atoms with van der Waals surface area (Å²) in [4.78, 5) is 12.2. The summed E-state index contributed by atoms with van der Waals surface area (Å²) in [5.74, 6) is -0.673. The maximum atomic E-state index is 12.2. The van der Waals surface area contributed by atoms with Gasteiger partial charge in [0, 0.05) is 18.0 Å². The van der Waals surface area contributed by atoms with Crippen LogP contribution in [0.15, 0.2) is 78.5 Å². The van der Waals surface area contributed by atoms with E-state index in [1.165, 1.54) is 6.08 Å². The fraction of sp³-hybridized carbons (Fsp3) is 0.0526. The largest absolute Gasteiger partial charge is 0.268 e. The Morgan fingerprint density at radius 3 is 2.42 bits per heavy atom. The van der Waals surface area contributed by atoms with Gasteiger partial charge in [0.25, 0.3) is 15.9 Å². The third-order valence-electron chi connectivity index (χ3n) is 3.59. The fourth-order valence-electron chi connectivity index (χ4n) is 2.30. The van der Waals surface area contributed by atoms with Crippen LogP contribution in [0, 0.1) is 0 Å². The first-order valence-electron chi connectivity index (χ1n) is 7.88. The van der Waals surface area contributed by atoms with Crippen molar-refractivity contribution in [2.45, 2.75) is 6.54 Å². The van der Waals surface area contributed by atoms with Crippen LogP contribution in [0.3, 0.4) is 0 Å². The topological polar surface area (TPSA) is 81.1 Å². The smallest absolute Gasteiger partial charge is 0.264 e. The van der Waals surface area contributed by atoms with E-state index in [1.807, 2.05) is 23.1 Å². The van der Waals surface area contributed by atoms with Crippen LogP contribution in [0.4, 0.5) is 0 Å². The van der Waals surface area contributed by atoms with Crippen molar-refractivity contribution in [1.82, 2.24) is 14.5 Å². The number of nitrogens with one attached hydrogen (secondary N) is 1. The Kier molecular flexibility index (Phi) is 5.28. The summed E-state index contributed by atoms with van der Waals surface area (Å²) in [5.41, 5.74) is 1.95. The Morgan fingerprint density at radius 2 is 1.77 bits per heavy atom. The lowest BCUT2D eigenvalue weighted by atomic mass is 10.1. The number of carbonyl (C=O) groups is 1. The van der Waals surface area contributed by atoms with E-state index in [0.717, 1.165) is 16.5 Å². The van der Waals surface area contributed by atoms with Crippen molar-refractivity contribution >= 4 is 22.0 Å². The van der Waals surface area contributed by atoms with Crippen LogP contribution in [0.2, 0.25) is 0 Å². The Morgan fingerprint density at radius 1 is 1.04 bits per heavy atom. The monoisotopic (exact) mass is 367 g/mol. The van der Waals surface area contributed by atoms with Crippen LogP contribution < -0.4 is 4.72 Å². The van der Waals surface area contributed by atoms with Crippen molar-refractivity contribution in [2.75, 3.05) is 0 Å². The molecule has 0 aliphatic carbocycles. The summed E-state index contributed by atoms with van der Waals surface area (Å²) in [6.45, 7) is 0.576. The van der Waals surface area contributed by atoms with Crippen molar-refractivity contribution in [3.05, 3.63) is 95.2 Å². The van der Waals surface area contributed by atoms with E-state index < -0.39 is 15.9 Å². The quantitative estimate of drug-likeness (QED) is 0.726. The van der Waals surface area contributed by atoms with E-state index in [-0.39, 0.29) is 5.56 Å². The van der Waals surface area contributed by atoms with Crippen LogP contribution >= 0.6 is 0 Å². The summed E-state index contributed by atoms with van der Waals surface area (Å²) in [7, 11) is -3.87. The number of aromatic nitrogens is 2. The molecule has 0 bridgehead atoms. The minimum absolute atomic E-state index is 0.269. The lowest BCUT2D eigenvalue weighted by Crippen LogP contribution is -2.28. The summed E-state index contributed by atoms with van der Waals surface area (Å²) in [6, 6.07) is 17.5. The Balaban J connectivity index is 1.64. The number of amides is 1. The summed E-state index contributed by atoms with van der Waals surface area (Å²) < 4.78 is 27.9. The summed E-state index contributed by atoms with van der Waals surface area (Å²) in [5, 5.41) is 5.09. The minimum atomic E-state index is -3.87. The minimum Gasteiger partial charge on any atom is -0.268 e. The molecular formula is C19H17N3O3S. The normalized spacial score (nSPS) is 11.5. The van der Waals surface area contributed by atoms with Gasteiger partial charge in [-0.2, -0.15) is 5.10 Å². The van der Waals surface area contributed by atoms with E-state index in [1.54, 1.807) is 59.4 Å². The molecule has 0 saturated carbocycles. The Bertz CT molecular complexity index is 994. The average Bonchev–Trinajstić information content (AvgIpc) is 3.14. The molecule has 0 atom stereocenters. The molecule has 0 spiro atoms. The molecule has 2 aromatic carbocycles. The molecule has 6 nitrogen and oxygen atoms in total. The predicted octanol–water partition coefficient (Wildman–Crippen LogP) is 2.66. The molecule has 0 unspecified atom stereocenters. The molecule has 0 aliphatic rings. The SMILES string of the molecule is O=C(NS(=O)(=O)/C=C/c1ccccc1)c1ccc(Cn2cccn2)cc1. The zero-order chi connectivity index (χ0) is 18.4. The zero-order valence-electron chi connectivity index (χ0n) is 13.8. The second-order valence-corrected chi connectivity index (χ2v) is 7.16. The van der Waals surface area contributed by atoms with Crippen molar-refractivity contribution in [3.63, 3.8) is 0 Å². The van der Waals surface area contributed by atoms with Crippen molar-refractivity contribution in [3.8, 4) is 0 Å². The molecule has 1 heterocycles. The van der Waals surface area contributed by atoms with Gasteiger partial charge < -0.3 is 0 Å². The molecule has 1 aromatic heterocycles. The zero-order valence-corrected chi connectivity index (χ0v) is 14.6. The molecule has 7 heteroatoms. The molecule has 1 amide bonds. The maximum absolute atomic E-state index is 12.2. The molecular weight excluding hydrogens is 350 g/mol. The van der Waals surface area contributed by atoms with Gasteiger partial charge in [0.15, 0.2) is 0 Å². The number of rotatable bonds is 6. The molecule has 3 rings (SSSR count). The van der Waals surface area contributed by atoms with Gasteiger partial charge in [0.1, 0.15) is 0 Å². The molecule has 132 valence electrons. The van der Waals surface area contributed by atoms with Crippen LogP contribution in [-0.2, 0) is 16.6 Å². The van der Waals surface area contributed by atoms with E-state index in [9.17, 15) is 13.2 Å². The highest BCUT2D eigenvalue weighted by atomic mass is 32.2. The van der Waals surface area contributed by atoms with Gasteiger partial charge in [-0.05, 0) is 35.4 Å². The molecule has 3 aromatic rings. The maximum Gasteiger partial charge on any atom is 0.264 e. The number of sulfonamides is 1. The second kappa shape index (κ2) is 7.79. The predicted molar refractivity (Wildman–Crippen MR) is 99.6 cm³/mol. The Hall–Kier alpha value is -3.19. The average molecular weight is 367 g/mol. The number of benzene rings is 2. The van der Waals surface area contributed by atoms with E-state index in [0.29, 0.717) is 6.54 Å². The van der Waals surface area contributed by atoms with Crippen LogP contribution in [0.1, 0.15) is 21.5 Å². The van der Waals surface area contributed by atoms with E-state index >= 15 is 0 Å². The van der Waals surface area contributed by atoms with Gasteiger partial charge in [-0.1, -0.05) is 42.5 Å².